The monoisotopic (exact) mass is 290 g/mol. The molecule has 1 heterocycles. The highest BCUT2D eigenvalue weighted by molar-refractivity contribution is 9.10. The maximum absolute atomic E-state index is 11.7. The minimum absolute atomic E-state index is 0.137. The van der Waals surface area contributed by atoms with Crippen LogP contribution in [0.4, 0.5) is 0 Å². The van der Waals surface area contributed by atoms with Crippen LogP contribution >= 0.6 is 15.9 Å². The Labute approximate surface area is 97.6 Å². The Morgan fingerprint density at radius 2 is 2.27 bits per heavy atom. The summed E-state index contributed by atoms with van der Waals surface area (Å²) < 4.78 is 26.4. The second-order valence-corrected chi connectivity index (χ2v) is 5.80. The summed E-state index contributed by atoms with van der Waals surface area (Å²) in [5.74, 6) is 0. The van der Waals surface area contributed by atoms with E-state index >= 15 is 0 Å². The number of hydrogen-bond donors (Lipinski definition) is 1. The van der Waals surface area contributed by atoms with Crippen molar-refractivity contribution in [2.24, 2.45) is 0 Å². The molecular weight excluding hydrogens is 280 g/mol. The summed E-state index contributed by atoms with van der Waals surface area (Å²) in [6, 6.07) is 1.49. The first-order chi connectivity index (χ1) is 6.92. The molecule has 1 aromatic heterocycles. The normalized spacial score (nSPS) is 11.3. The molecule has 0 aliphatic rings. The van der Waals surface area contributed by atoms with E-state index in [-0.39, 0.29) is 11.4 Å². The van der Waals surface area contributed by atoms with Crippen LogP contribution in [0.15, 0.2) is 40.0 Å². The van der Waals surface area contributed by atoms with E-state index in [0.29, 0.717) is 4.47 Å². The molecule has 1 rings (SSSR count). The van der Waals surface area contributed by atoms with Crippen LogP contribution in [0.3, 0.4) is 0 Å². The van der Waals surface area contributed by atoms with Gasteiger partial charge in [-0.25, -0.2) is 13.1 Å². The third kappa shape index (κ3) is 3.73. The molecule has 6 heteroatoms. The van der Waals surface area contributed by atoms with Crippen molar-refractivity contribution >= 4 is 26.0 Å². The summed E-state index contributed by atoms with van der Waals surface area (Å²) in [6.45, 7) is 5.60. The van der Waals surface area contributed by atoms with Gasteiger partial charge in [-0.1, -0.05) is 12.2 Å². The van der Waals surface area contributed by atoms with Crippen molar-refractivity contribution in [1.29, 1.82) is 0 Å². The Kier molecular flexibility index (Phi) is 4.01. The van der Waals surface area contributed by atoms with Crippen LogP contribution in [0.2, 0.25) is 0 Å². The number of nitrogens with zero attached hydrogens (tertiary/aromatic N) is 1. The molecule has 0 unspecified atom stereocenters. The largest absolute Gasteiger partial charge is 0.262 e. The Morgan fingerprint density at radius 3 is 2.80 bits per heavy atom. The highest BCUT2D eigenvalue weighted by Crippen LogP contribution is 2.13. The first-order valence-corrected chi connectivity index (χ1v) is 6.44. The van der Waals surface area contributed by atoms with Crippen molar-refractivity contribution in [1.82, 2.24) is 9.71 Å². The number of hydrogen-bond acceptors (Lipinski definition) is 3. The van der Waals surface area contributed by atoms with Crippen molar-refractivity contribution in [3.05, 3.63) is 35.1 Å². The summed E-state index contributed by atoms with van der Waals surface area (Å²) in [7, 11) is -3.48. The molecular formula is C9H11BrN2O2S. The predicted molar refractivity (Wildman–Crippen MR) is 61.9 cm³/mol. The van der Waals surface area contributed by atoms with Gasteiger partial charge in [0.25, 0.3) is 0 Å². The lowest BCUT2D eigenvalue weighted by Gasteiger charge is -2.05. The van der Waals surface area contributed by atoms with Crippen molar-refractivity contribution in [3.63, 3.8) is 0 Å². The molecule has 4 nitrogen and oxygen atoms in total. The van der Waals surface area contributed by atoms with Crippen LogP contribution < -0.4 is 4.72 Å². The van der Waals surface area contributed by atoms with Gasteiger partial charge in [-0.2, -0.15) is 0 Å². The van der Waals surface area contributed by atoms with Crippen LogP contribution in [-0.2, 0) is 10.0 Å². The van der Waals surface area contributed by atoms with Crippen LogP contribution in [0.5, 0.6) is 0 Å². The fraction of sp³-hybridized carbons (Fsp3) is 0.222. The SMILES string of the molecule is C=C(C)CNS(=O)(=O)c1cncc(Br)c1. The van der Waals surface area contributed by atoms with Gasteiger partial charge >= 0.3 is 0 Å². The van der Waals surface area contributed by atoms with Crippen molar-refractivity contribution in [2.75, 3.05) is 6.54 Å². The molecule has 1 N–H and O–H groups in total. The predicted octanol–water partition coefficient (Wildman–Crippen LogP) is 1.70. The molecule has 0 atom stereocenters. The average molecular weight is 291 g/mol. The fourth-order valence-corrected chi connectivity index (χ4v) is 2.44. The molecule has 15 heavy (non-hydrogen) atoms. The average Bonchev–Trinajstić information content (AvgIpc) is 2.15. The van der Waals surface area contributed by atoms with Gasteiger partial charge < -0.3 is 0 Å². The van der Waals surface area contributed by atoms with E-state index in [1.807, 2.05) is 0 Å². The number of nitrogens with one attached hydrogen (secondary N) is 1. The fourth-order valence-electron chi connectivity index (χ4n) is 0.841. The molecule has 0 fully saturated rings. The van der Waals surface area contributed by atoms with E-state index in [0.717, 1.165) is 5.57 Å². The van der Waals surface area contributed by atoms with Crippen LogP contribution in [0, 0.1) is 0 Å². The summed E-state index contributed by atoms with van der Waals surface area (Å²) in [5, 5.41) is 0. The molecule has 1 aromatic rings. The quantitative estimate of drug-likeness (QED) is 0.859. The number of sulfonamides is 1. The minimum atomic E-state index is -3.48. The highest BCUT2D eigenvalue weighted by Gasteiger charge is 2.13. The van der Waals surface area contributed by atoms with E-state index in [2.05, 4.69) is 32.2 Å². The molecule has 0 saturated carbocycles. The van der Waals surface area contributed by atoms with Gasteiger partial charge in [0.2, 0.25) is 10.0 Å². The second-order valence-electron chi connectivity index (χ2n) is 3.12. The number of pyridine rings is 1. The molecule has 82 valence electrons. The molecule has 0 bridgehead atoms. The van der Waals surface area contributed by atoms with E-state index in [9.17, 15) is 8.42 Å². The third-order valence-corrected chi connectivity index (χ3v) is 3.36. The maximum atomic E-state index is 11.7. The van der Waals surface area contributed by atoms with E-state index < -0.39 is 10.0 Å². The van der Waals surface area contributed by atoms with Crippen LogP contribution in [0.1, 0.15) is 6.92 Å². The molecule has 0 saturated heterocycles. The molecule has 0 amide bonds. The Bertz CT molecular complexity index is 471. The summed E-state index contributed by atoms with van der Waals surface area (Å²) in [6.07, 6.45) is 2.82. The summed E-state index contributed by atoms with van der Waals surface area (Å²) in [5.41, 5.74) is 0.751. The number of aromatic nitrogens is 1. The van der Waals surface area contributed by atoms with E-state index in [1.54, 1.807) is 6.92 Å². The second kappa shape index (κ2) is 4.87. The molecule has 0 aliphatic carbocycles. The third-order valence-electron chi connectivity index (χ3n) is 1.55. The lowest BCUT2D eigenvalue weighted by Crippen LogP contribution is -2.25. The van der Waals surface area contributed by atoms with Crippen LogP contribution in [0.25, 0.3) is 0 Å². The first-order valence-electron chi connectivity index (χ1n) is 4.16. The van der Waals surface area contributed by atoms with Gasteiger partial charge in [0.05, 0.1) is 0 Å². The smallest absolute Gasteiger partial charge is 0.242 e. The lowest BCUT2D eigenvalue weighted by molar-refractivity contribution is 0.584. The van der Waals surface area contributed by atoms with Crippen LogP contribution in [-0.4, -0.2) is 19.9 Å². The van der Waals surface area contributed by atoms with Gasteiger partial charge in [0, 0.05) is 23.4 Å². The number of rotatable bonds is 4. The lowest BCUT2D eigenvalue weighted by atomic mass is 10.4. The van der Waals surface area contributed by atoms with Gasteiger partial charge in [-0.3, -0.25) is 4.98 Å². The Morgan fingerprint density at radius 1 is 1.60 bits per heavy atom. The Hall–Kier alpha value is -0.720. The maximum Gasteiger partial charge on any atom is 0.242 e. The zero-order valence-corrected chi connectivity index (χ0v) is 10.6. The number of halogens is 1. The minimum Gasteiger partial charge on any atom is -0.262 e. The van der Waals surface area contributed by atoms with E-state index in [1.165, 1.54) is 18.5 Å². The zero-order chi connectivity index (χ0) is 11.5. The van der Waals surface area contributed by atoms with Gasteiger partial charge in [-0.15, -0.1) is 0 Å². The molecule has 0 aliphatic heterocycles. The van der Waals surface area contributed by atoms with Gasteiger partial charge in [0.15, 0.2) is 0 Å². The highest BCUT2D eigenvalue weighted by atomic mass is 79.9. The van der Waals surface area contributed by atoms with Gasteiger partial charge in [0.1, 0.15) is 4.90 Å². The van der Waals surface area contributed by atoms with Crippen molar-refractivity contribution in [3.8, 4) is 0 Å². The molecule has 0 aromatic carbocycles. The molecule has 0 spiro atoms. The Balaban J connectivity index is 2.91. The molecule has 0 radical (unpaired) electrons. The van der Waals surface area contributed by atoms with Crippen molar-refractivity contribution < 1.29 is 8.42 Å². The first kappa shape index (κ1) is 12.4. The summed E-state index contributed by atoms with van der Waals surface area (Å²) >= 11 is 3.16. The zero-order valence-electron chi connectivity index (χ0n) is 8.20. The van der Waals surface area contributed by atoms with Gasteiger partial charge in [-0.05, 0) is 28.9 Å². The summed E-state index contributed by atoms with van der Waals surface area (Å²) in [4.78, 5) is 3.93. The van der Waals surface area contributed by atoms with E-state index in [4.69, 9.17) is 0 Å². The van der Waals surface area contributed by atoms with Crippen molar-refractivity contribution in [2.45, 2.75) is 11.8 Å². The topological polar surface area (TPSA) is 59.1 Å². The standard InChI is InChI=1S/C9H11BrN2O2S/c1-7(2)4-12-15(13,14)9-3-8(10)5-11-6-9/h3,5-6,12H,1,4H2,2H3.